The summed E-state index contributed by atoms with van der Waals surface area (Å²) in [4.78, 5) is 16.4. The molecule has 0 unspecified atom stereocenters. The maximum absolute atomic E-state index is 12.1. The van der Waals surface area contributed by atoms with Crippen molar-refractivity contribution in [2.45, 2.75) is 33.7 Å². The molecule has 1 aromatic heterocycles. The molecular formula is C26H32N4O. The van der Waals surface area contributed by atoms with Crippen LogP contribution in [0, 0.1) is 19.8 Å². The molecule has 1 aliphatic heterocycles. The summed E-state index contributed by atoms with van der Waals surface area (Å²) in [5.41, 5.74) is 6.89. The third-order valence-electron chi connectivity index (χ3n) is 6.07. The monoisotopic (exact) mass is 416 g/mol. The fourth-order valence-corrected chi connectivity index (χ4v) is 4.47. The molecule has 4 rings (SSSR count). The number of aromatic nitrogens is 2. The van der Waals surface area contributed by atoms with E-state index in [4.69, 9.17) is 5.10 Å². The van der Waals surface area contributed by atoms with Crippen LogP contribution < -0.4 is 0 Å². The average Bonchev–Trinajstić information content (AvgIpc) is 3.31. The molecule has 31 heavy (non-hydrogen) atoms. The molecule has 162 valence electrons. The number of benzene rings is 2. The molecule has 2 aromatic carbocycles. The first-order valence-corrected chi connectivity index (χ1v) is 11.1. The Bertz CT molecular complexity index is 1050. The third kappa shape index (κ3) is 4.88. The van der Waals surface area contributed by atoms with E-state index in [-0.39, 0.29) is 5.91 Å². The molecule has 3 aromatic rings. The van der Waals surface area contributed by atoms with Gasteiger partial charge in [-0.2, -0.15) is 5.10 Å². The summed E-state index contributed by atoms with van der Waals surface area (Å²) >= 11 is 0. The summed E-state index contributed by atoms with van der Waals surface area (Å²) in [6.07, 6.45) is 2.81. The maximum atomic E-state index is 12.1. The zero-order valence-electron chi connectivity index (χ0n) is 19.0. The van der Waals surface area contributed by atoms with Gasteiger partial charge in [-0.25, -0.2) is 4.68 Å². The molecule has 1 atom stereocenters. The first-order chi connectivity index (χ1) is 14.9. The zero-order valence-corrected chi connectivity index (χ0v) is 19.0. The molecular weight excluding hydrogens is 384 g/mol. The summed E-state index contributed by atoms with van der Waals surface area (Å²) in [5, 5.41) is 4.97. The number of rotatable bonds is 7. The van der Waals surface area contributed by atoms with E-state index in [9.17, 15) is 4.79 Å². The Morgan fingerprint density at radius 3 is 2.55 bits per heavy atom. The molecule has 1 aliphatic rings. The second kappa shape index (κ2) is 9.06. The van der Waals surface area contributed by atoms with E-state index in [2.05, 4.69) is 87.4 Å². The number of amides is 1. The average molecular weight is 417 g/mol. The van der Waals surface area contributed by atoms with Crippen LogP contribution in [0.1, 0.15) is 30.0 Å². The first kappa shape index (κ1) is 21.3. The quantitative estimate of drug-likeness (QED) is 0.571. The van der Waals surface area contributed by atoms with Crippen LogP contribution in [0.2, 0.25) is 0 Å². The highest BCUT2D eigenvalue weighted by atomic mass is 16.2. The van der Waals surface area contributed by atoms with Crippen LogP contribution in [0.4, 0.5) is 0 Å². The van der Waals surface area contributed by atoms with Crippen molar-refractivity contribution in [3.8, 4) is 16.9 Å². The van der Waals surface area contributed by atoms with Crippen LogP contribution in [0.5, 0.6) is 0 Å². The van der Waals surface area contributed by atoms with Gasteiger partial charge >= 0.3 is 0 Å². The van der Waals surface area contributed by atoms with Crippen LogP contribution in [0.3, 0.4) is 0 Å². The van der Waals surface area contributed by atoms with Crippen molar-refractivity contribution in [2.24, 2.45) is 5.92 Å². The largest absolute Gasteiger partial charge is 0.343 e. The molecule has 0 bridgehead atoms. The lowest BCUT2D eigenvalue weighted by Gasteiger charge is -2.21. The van der Waals surface area contributed by atoms with Crippen LogP contribution in [-0.2, 0) is 11.3 Å². The highest BCUT2D eigenvalue weighted by Crippen LogP contribution is 2.27. The lowest BCUT2D eigenvalue weighted by molar-refractivity contribution is -0.127. The fraction of sp³-hybridized carbons (Fsp3) is 0.385. The maximum Gasteiger partial charge on any atom is 0.222 e. The summed E-state index contributed by atoms with van der Waals surface area (Å²) in [7, 11) is 2.14. The number of likely N-dealkylation sites (tertiary alicyclic amines) is 1. The van der Waals surface area contributed by atoms with Gasteiger partial charge in [0.1, 0.15) is 0 Å². The molecule has 1 fully saturated rings. The summed E-state index contributed by atoms with van der Waals surface area (Å²) in [6, 6.07) is 17.0. The molecule has 0 aliphatic carbocycles. The van der Waals surface area contributed by atoms with E-state index in [1.807, 2.05) is 9.58 Å². The van der Waals surface area contributed by atoms with E-state index in [1.54, 1.807) is 0 Å². The van der Waals surface area contributed by atoms with Crippen molar-refractivity contribution in [1.82, 2.24) is 19.6 Å². The molecule has 5 heteroatoms. The van der Waals surface area contributed by atoms with Gasteiger partial charge in [0.2, 0.25) is 5.91 Å². The summed E-state index contributed by atoms with van der Waals surface area (Å²) in [5.74, 6) is 0.681. The van der Waals surface area contributed by atoms with Gasteiger partial charge < -0.3 is 9.80 Å². The summed E-state index contributed by atoms with van der Waals surface area (Å²) in [6.45, 7) is 9.64. The van der Waals surface area contributed by atoms with Crippen molar-refractivity contribution in [3.05, 3.63) is 71.4 Å². The topological polar surface area (TPSA) is 41.4 Å². The lowest BCUT2D eigenvalue weighted by atomic mass is 10.0. The van der Waals surface area contributed by atoms with Crippen molar-refractivity contribution >= 4 is 5.91 Å². The smallest absolute Gasteiger partial charge is 0.222 e. The molecule has 1 saturated heterocycles. The normalized spacial score (nSPS) is 16.5. The minimum atomic E-state index is 0.286. The zero-order chi connectivity index (χ0) is 22.0. The van der Waals surface area contributed by atoms with Crippen molar-refractivity contribution in [2.75, 3.05) is 26.7 Å². The Morgan fingerprint density at radius 1 is 1.10 bits per heavy atom. The number of hydrogen-bond acceptors (Lipinski definition) is 3. The van der Waals surface area contributed by atoms with E-state index in [0.717, 1.165) is 43.1 Å². The standard InChI is InChI=1S/C26H32N4O/c1-5-29-16-21(14-25(29)31)15-28(4)17-23-18-30(24-11-9-19(2)10-12-24)27-26(23)22-8-6-7-20(3)13-22/h6-13,18,21H,5,14-17H2,1-4H3/t21-/m1/s1. The predicted octanol–water partition coefficient (Wildman–Crippen LogP) is 4.46. The van der Waals surface area contributed by atoms with E-state index in [1.165, 1.54) is 16.7 Å². The van der Waals surface area contributed by atoms with Crippen LogP contribution in [0.15, 0.2) is 54.7 Å². The van der Waals surface area contributed by atoms with Crippen LogP contribution in [-0.4, -0.2) is 52.2 Å². The number of hydrogen-bond donors (Lipinski definition) is 0. The van der Waals surface area contributed by atoms with E-state index in [0.29, 0.717) is 12.3 Å². The Kier molecular flexibility index (Phi) is 6.23. The van der Waals surface area contributed by atoms with Crippen molar-refractivity contribution in [3.63, 3.8) is 0 Å². The Balaban J connectivity index is 1.59. The van der Waals surface area contributed by atoms with Crippen molar-refractivity contribution < 1.29 is 4.79 Å². The van der Waals surface area contributed by atoms with Gasteiger partial charge in [0.25, 0.3) is 0 Å². The second-order valence-electron chi connectivity index (χ2n) is 8.85. The summed E-state index contributed by atoms with van der Waals surface area (Å²) < 4.78 is 1.98. The molecule has 5 nitrogen and oxygen atoms in total. The van der Waals surface area contributed by atoms with Gasteiger partial charge in [0.15, 0.2) is 0 Å². The number of carbonyl (C=O) groups is 1. The van der Waals surface area contributed by atoms with Gasteiger partial charge in [-0.1, -0.05) is 41.5 Å². The minimum Gasteiger partial charge on any atom is -0.343 e. The Labute approximate surface area is 185 Å². The molecule has 1 amide bonds. The predicted molar refractivity (Wildman–Crippen MR) is 125 cm³/mol. The SMILES string of the molecule is CCN1C[C@@H](CN(C)Cc2cn(-c3ccc(C)cc3)nc2-c2cccc(C)c2)CC1=O. The molecule has 0 saturated carbocycles. The third-order valence-corrected chi connectivity index (χ3v) is 6.07. The van der Waals surface area contributed by atoms with Crippen LogP contribution in [0.25, 0.3) is 16.9 Å². The van der Waals surface area contributed by atoms with E-state index < -0.39 is 0 Å². The first-order valence-electron chi connectivity index (χ1n) is 11.1. The Morgan fingerprint density at radius 2 is 1.87 bits per heavy atom. The molecule has 2 heterocycles. The van der Waals surface area contributed by atoms with Gasteiger partial charge in [-0.15, -0.1) is 0 Å². The van der Waals surface area contributed by atoms with Crippen molar-refractivity contribution in [1.29, 1.82) is 0 Å². The number of aryl methyl sites for hydroxylation is 2. The lowest BCUT2D eigenvalue weighted by Crippen LogP contribution is -2.28. The van der Waals surface area contributed by atoms with Gasteiger partial charge in [-0.3, -0.25) is 4.79 Å². The number of carbonyl (C=O) groups excluding carboxylic acids is 1. The van der Waals surface area contributed by atoms with Crippen LogP contribution >= 0.6 is 0 Å². The minimum absolute atomic E-state index is 0.286. The molecule has 0 spiro atoms. The second-order valence-corrected chi connectivity index (χ2v) is 8.85. The van der Waals surface area contributed by atoms with Gasteiger partial charge in [-0.05, 0) is 51.9 Å². The molecule has 0 radical (unpaired) electrons. The number of nitrogens with zero attached hydrogens (tertiary/aromatic N) is 4. The Hall–Kier alpha value is -2.92. The van der Waals surface area contributed by atoms with Gasteiger partial charge in [0, 0.05) is 49.9 Å². The van der Waals surface area contributed by atoms with E-state index >= 15 is 0 Å². The van der Waals surface area contributed by atoms with Gasteiger partial charge in [0.05, 0.1) is 11.4 Å². The fourth-order valence-electron chi connectivity index (χ4n) is 4.47. The highest BCUT2D eigenvalue weighted by molar-refractivity contribution is 5.78. The highest BCUT2D eigenvalue weighted by Gasteiger charge is 2.29. The molecule has 0 N–H and O–H groups in total.